The topological polar surface area (TPSA) is 49.8 Å². The van der Waals surface area contributed by atoms with Gasteiger partial charge in [-0.25, -0.2) is 0 Å². The highest BCUT2D eigenvalue weighted by Gasteiger charge is 2.07. The van der Waals surface area contributed by atoms with Crippen molar-refractivity contribution in [3.05, 3.63) is 48.0 Å². The maximum Gasteiger partial charge on any atom is 0.122 e. The molecule has 0 aliphatic rings. The van der Waals surface area contributed by atoms with Crippen molar-refractivity contribution >= 4 is 10.8 Å². The number of aryl methyl sites for hydroxylation is 1. The zero-order chi connectivity index (χ0) is 18.9. The summed E-state index contributed by atoms with van der Waals surface area (Å²) >= 11 is 0. The van der Waals surface area contributed by atoms with E-state index in [0.29, 0.717) is 18.9 Å². The molecule has 2 rings (SSSR count). The van der Waals surface area contributed by atoms with Gasteiger partial charge in [0.05, 0.1) is 24.0 Å². The highest BCUT2D eigenvalue weighted by molar-refractivity contribution is 7.85. The van der Waals surface area contributed by atoms with Crippen LogP contribution in [0.3, 0.4) is 0 Å². The largest absolute Gasteiger partial charge is 0.493 e. The van der Waals surface area contributed by atoms with E-state index < -0.39 is 10.8 Å². The summed E-state index contributed by atoms with van der Waals surface area (Å²) in [6.45, 7) is 6.41. The number of benzene rings is 2. The van der Waals surface area contributed by atoms with Gasteiger partial charge in [-0.2, -0.15) is 0 Å². The van der Waals surface area contributed by atoms with Crippen LogP contribution in [0.25, 0.3) is 11.1 Å². The van der Waals surface area contributed by atoms with Crippen LogP contribution in [0, 0.1) is 6.92 Å². The molecule has 0 amide bonds. The fourth-order valence-electron chi connectivity index (χ4n) is 2.77. The number of rotatable bonds is 10. The van der Waals surface area contributed by atoms with Gasteiger partial charge in [-0.05, 0) is 61.3 Å². The van der Waals surface area contributed by atoms with Crippen LogP contribution >= 0.6 is 0 Å². The number of hydrogen-bond donors (Lipinski definition) is 1. The summed E-state index contributed by atoms with van der Waals surface area (Å²) in [5.41, 5.74) is 3.27. The average molecular weight is 376 g/mol. The van der Waals surface area contributed by atoms with E-state index in [-0.39, 0.29) is 6.61 Å². The van der Waals surface area contributed by atoms with Crippen molar-refractivity contribution in [1.29, 1.82) is 0 Å². The van der Waals surface area contributed by atoms with Gasteiger partial charge in [0, 0.05) is 23.7 Å². The molecule has 0 saturated carbocycles. The van der Waals surface area contributed by atoms with Crippen LogP contribution < -0.4 is 4.74 Å². The summed E-state index contributed by atoms with van der Waals surface area (Å²) in [5.74, 6) is 1.52. The van der Waals surface area contributed by atoms with Crippen LogP contribution in [0.15, 0.2) is 47.4 Å². The third-order valence-electron chi connectivity index (χ3n) is 4.29. The van der Waals surface area contributed by atoms with Crippen LogP contribution in [0.2, 0.25) is 0 Å². The van der Waals surface area contributed by atoms with Gasteiger partial charge in [0.25, 0.3) is 0 Å². The number of nitrogens with zero attached hydrogens (tertiary/aromatic N) is 1. The van der Waals surface area contributed by atoms with Gasteiger partial charge in [0.2, 0.25) is 0 Å². The monoisotopic (exact) mass is 375 g/mol. The lowest BCUT2D eigenvalue weighted by molar-refractivity contribution is 0.207. The fourth-order valence-corrected chi connectivity index (χ4v) is 3.60. The fraction of sp³-hybridized carbons (Fsp3) is 0.429. The number of hydrogen-bond acceptors (Lipinski definition) is 4. The third kappa shape index (κ3) is 5.94. The Labute approximate surface area is 159 Å². The highest BCUT2D eigenvalue weighted by atomic mass is 32.2. The quantitative estimate of drug-likeness (QED) is 0.646. The highest BCUT2D eigenvalue weighted by Crippen LogP contribution is 2.27. The Morgan fingerprint density at radius 3 is 2.58 bits per heavy atom. The second-order valence-corrected chi connectivity index (χ2v) is 8.11. The molecule has 0 aliphatic heterocycles. The molecule has 0 radical (unpaired) electrons. The Kier molecular flexibility index (Phi) is 8.29. The summed E-state index contributed by atoms with van der Waals surface area (Å²) in [7, 11) is 1.06. The first-order valence-electron chi connectivity index (χ1n) is 9.06. The van der Waals surface area contributed by atoms with E-state index in [1.165, 1.54) is 0 Å². The van der Waals surface area contributed by atoms with Gasteiger partial charge >= 0.3 is 0 Å². The molecule has 1 atom stereocenters. The Morgan fingerprint density at radius 1 is 1.12 bits per heavy atom. The molecular formula is C21H29NO3S. The summed E-state index contributed by atoms with van der Waals surface area (Å²) < 4.78 is 17.9. The van der Waals surface area contributed by atoms with E-state index in [1.807, 2.05) is 57.3 Å². The van der Waals surface area contributed by atoms with Crippen molar-refractivity contribution in [1.82, 2.24) is 4.90 Å². The lowest BCUT2D eigenvalue weighted by Gasteiger charge is -2.16. The molecule has 1 unspecified atom stereocenters. The minimum atomic E-state index is -0.940. The summed E-state index contributed by atoms with van der Waals surface area (Å²) in [6.07, 6.45) is 0.919. The lowest BCUT2D eigenvalue weighted by atomic mass is 10.0. The zero-order valence-electron chi connectivity index (χ0n) is 15.9. The summed E-state index contributed by atoms with van der Waals surface area (Å²) in [4.78, 5) is 2.96. The van der Waals surface area contributed by atoms with E-state index in [1.54, 1.807) is 0 Å². The van der Waals surface area contributed by atoms with E-state index in [2.05, 4.69) is 11.0 Å². The smallest absolute Gasteiger partial charge is 0.122 e. The van der Waals surface area contributed by atoms with Crippen molar-refractivity contribution in [2.24, 2.45) is 0 Å². The molecule has 0 aromatic heterocycles. The van der Waals surface area contributed by atoms with Gasteiger partial charge in [-0.15, -0.1) is 0 Å². The first-order chi connectivity index (χ1) is 12.5. The molecule has 0 aliphatic carbocycles. The van der Waals surface area contributed by atoms with Crippen LogP contribution in [0.4, 0.5) is 0 Å². The van der Waals surface area contributed by atoms with Crippen molar-refractivity contribution in [3.8, 4) is 16.9 Å². The van der Waals surface area contributed by atoms with Gasteiger partial charge in [0.1, 0.15) is 5.75 Å². The lowest BCUT2D eigenvalue weighted by Crippen LogP contribution is -2.24. The Balaban J connectivity index is 2.00. The van der Waals surface area contributed by atoms with Gasteiger partial charge in [0.15, 0.2) is 0 Å². The first-order valence-corrected chi connectivity index (χ1v) is 10.4. The molecule has 0 fully saturated rings. The van der Waals surface area contributed by atoms with E-state index in [4.69, 9.17) is 9.84 Å². The average Bonchev–Trinajstić information content (AvgIpc) is 2.66. The van der Waals surface area contributed by atoms with E-state index in [0.717, 1.165) is 40.3 Å². The number of aliphatic hydroxyl groups is 1. The number of likely N-dealkylation sites (N-methyl/N-ethyl adjacent to an activating group) is 1. The molecule has 1 N–H and O–H groups in total. The Hall–Kier alpha value is -1.69. The molecule has 0 spiro atoms. The Bertz CT molecular complexity index is 733. The van der Waals surface area contributed by atoms with Crippen molar-refractivity contribution < 1.29 is 14.1 Å². The van der Waals surface area contributed by atoms with Crippen molar-refractivity contribution in [2.75, 3.05) is 39.1 Å². The molecule has 5 heteroatoms. The number of ether oxygens (including phenoxy) is 1. The summed E-state index contributed by atoms with van der Waals surface area (Å²) in [5, 5.41) is 8.90. The maximum absolute atomic E-state index is 12.0. The SMILES string of the molecule is CCS(=O)c1cccc(-c2ccc(OCCCN(C)CCO)c(C)c2)c1. The second-order valence-electron chi connectivity index (χ2n) is 6.37. The molecule has 142 valence electrons. The second kappa shape index (κ2) is 10.5. The molecule has 0 saturated heterocycles. The molecule has 26 heavy (non-hydrogen) atoms. The van der Waals surface area contributed by atoms with Crippen LogP contribution in [0.1, 0.15) is 18.9 Å². The molecule has 4 nitrogen and oxygen atoms in total. The van der Waals surface area contributed by atoms with E-state index in [9.17, 15) is 4.21 Å². The minimum Gasteiger partial charge on any atom is -0.493 e. The normalized spacial score (nSPS) is 12.3. The Morgan fingerprint density at radius 2 is 1.88 bits per heavy atom. The maximum atomic E-state index is 12.0. The van der Waals surface area contributed by atoms with Gasteiger partial charge < -0.3 is 14.7 Å². The predicted molar refractivity (Wildman–Crippen MR) is 108 cm³/mol. The molecule has 2 aromatic carbocycles. The van der Waals surface area contributed by atoms with E-state index >= 15 is 0 Å². The van der Waals surface area contributed by atoms with Crippen LogP contribution in [-0.4, -0.2) is 53.3 Å². The molecule has 0 bridgehead atoms. The summed E-state index contributed by atoms with van der Waals surface area (Å²) in [6, 6.07) is 14.1. The van der Waals surface area contributed by atoms with Crippen LogP contribution in [-0.2, 0) is 10.8 Å². The number of aliphatic hydroxyl groups excluding tert-OH is 1. The standard InChI is InChI=1S/C21H29NO3S/c1-4-26(24)20-8-5-7-18(16-20)19-9-10-21(17(2)15-19)25-14-6-11-22(3)12-13-23/h5,7-10,15-16,23H,4,6,11-14H2,1-3H3. The molecular weight excluding hydrogens is 346 g/mol. The van der Waals surface area contributed by atoms with Gasteiger partial charge in [-0.3, -0.25) is 4.21 Å². The molecule has 0 heterocycles. The molecule has 2 aromatic rings. The van der Waals surface area contributed by atoms with Crippen LogP contribution in [0.5, 0.6) is 5.75 Å². The predicted octanol–water partition coefficient (Wildman–Crippen LogP) is 3.48. The van der Waals surface area contributed by atoms with Crippen molar-refractivity contribution in [3.63, 3.8) is 0 Å². The first kappa shape index (κ1) is 20.6. The third-order valence-corrected chi connectivity index (χ3v) is 5.59. The minimum absolute atomic E-state index is 0.185. The zero-order valence-corrected chi connectivity index (χ0v) is 16.7. The van der Waals surface area contributed by atoms with Crippen molar-refractivity contribution in [2.45, 2.75) is 25.2 Å². The van der Waals surface area contributed by atoms with Gasteiger partial charge in [-0.1, -0.05) is 25.1 Å².